The topological polar surface area (TPSA) is 68.7 Å². The Labute approximate surface area is 205 Å². The van der Waals surface area contributed by atoms with E-state index in [9.17, 15) is 0 Å². The molecule has 1 aliphatic heterocycles. The Morgan fingerprint density at radius 3 is 2.41 bits per heavy atom. The van der Waals surface area contributed by atoms with Crippen molar-refractivity contribution >= 4 is 29.4 Å². The van der Waals surface area contributed by atoms with Gasteiger partial charge in [-0.15, -0.1) is 0 Å². The standard InChI is InChI=1S/C26H41BN4O3/c1-8-18-15-20(27-33-25(2,3)26(4,5)34-27)16-19-17-28-24(30-23(18)19)29-21-9-11-22(12-10-21)31(6)13-14-32-7/h15-17,21-22H,8-14H2,1-7H3,(H,28,29,30). The quantitative estimate of drug-likeness (QED) is 0.592. The zero-order valence-electron chi connectivity index (χ0n) is 22.0. The number of hydrogen-bond acceptors (Lipinski definition) is 7. The van der Waals surface area contributed by atoms with Gasteiger partial charge in [0, 0.05) is 37.3 Å². The van der Waals surface area contributed by atoms with E-state index < -0.39 is 0 Å². The molecule has 0 radical (unpaired) electrons. The molecule has 1 aromatic heterocycles. The van der Waals surface area contributed by atoms with Gasteiger partial charge in [-0.3, -0.25) is 0 Å². The zero-order valence-corrected chi connectivity index (χ0v) is 22.0. The molecule has 1 aromatic carbocycles. The van der Waals surface area contributed by atoms with Gasteiger partial charge < -0.3 is 24.3 Å². The molecule has 2 fully saturated rings. The maximum atomic E-state index is 6.28. The Balaban J connectivity index is 1.46. The van der Waals surface area contributed by atoms with Crippen LogP contribution in [0.15, 0.2) is 18.3 Å². The Morgan fingerprint density at radius 2 is 1.79 bits per heavy atom. The minimum absolute atomic E-state index is 0.360. The predicted molar refractivity (Wildman–Crippen MR) is 139 cm³/mol. The van der Waals surface area contributed by atoms with E-state index in [1.54, 1.807) is 7.11 Å². The van der Waals surface area contributed by atoms with Crippen molar-refractivity contribution in [2.24, 2.45) is 0 Å². The Morgan fingerprint density at radius 1 is 1.12 bits per heavy atom. The van der Waals surface area contributed by atoms with Crippen LogP contribution in [0.2, 0.25) is 0 Å². The highest BCUT2D eigenvalue weighted by molar-refractivity contribution is 6.62. The molecule has 7 nitrogen and oxygen atoms in total. The fourth-order valence-electron chi connectivity index (χ4n) is 4.96. The first kappa shape index (κ1) is 25.4. The number of fused-ring (bicyclic) bond motifs is 1. The third kappa shape index (κ3) is 5.25. The van der Waals surface area contributed by atoms with E-state index in [-0.39, 0.29) is 18.3 Å². The number of nitrogens with one attached hydrogen (secondary N) is 1. The molecule has 2 aliphatic rings. The van der Waals surface area contributed by atoms with E-state index in [0.29, 0.717) is 12.1 Å². The lowest BCUT2D eigenvalue weighted by atomic mass is 9.77. The van der Waals surface area contributed by atoms with Crippen LogP contribution in [0.5, 0.6) is 0 Å². The SMILES string of the molecule is CCc1cc(B2OC(C)(C)C(C)(C)O2)cc2cnc(NC3CCC(N(C)CCOC)CC3)nc12. The van der Waals surface area contributed by atoms with Gasteiger partial charge >= 0.3 is 7.12 Å². The number of benzene rings is 1. The lowest BCUT2D eigenvalue weighted by Gasteiger charge is -2.34. The maximum Gasteiger partial charge on any atom is 0.494 e. The van der Waals surface area contributed by atoms with Crippen molar-refractivity contribution in [2.45, 2.75) is 90.0 Å². The van der Waals surface area contributed by atoms with Crippen LogP contribution in [0.3, 0.4) is 0 Å². The molecule has 1 aliphatic carbocycles. The van der Waals surface area contributed by atoms with Crippen molar-refractivity contribution in [3.8, 4) is 0 Å². The van der Waals surface area contributed by atoms with Gasteiger partial charge in [0.1, 0.15) is 0 Å². The van der Waals surface area contributed by atoms with Crippen molar-refractivity contribution in [3.05, 3.63) is 23.9 Å². The van der Waals surface area contributed by atoms with Crippen LogP contribution in [0, 0.1) is 0 Å². The maximum absolute atomic E-state index is 6.28. The highest BCUT2D eigenvalue weighted by Gasteiger charge is 2.51. The zero-order chi connectivity index (χ0) is 24.5. The lowest BCUT2D eigenvalue weighted by Crippen LogP contribution is -2.41. The van der Waals surface area contributed by atoms with Crippen LogP contribution in [0.1, 0.15) is 65.9 Å². The first-order valence-corrected chi connectivity index (χ1v) is 12.7. The van der Waals surface area contributed by atoms with E-state index >= 15 is 0 Å². The predicted octanol–water partition coefficient (Wildman–Crippen LogP) is 3.79. The van der Waals surface area contributed by atoms with Crippen molar-refractivity contribution in [2.75, 3.05) is 32.6 Å². The van der Waals surface area contributed by atoms with Crippen molar-refractivity contribution in [3.63, 3.8) is 0 Å². The molecule has 0 unspecified atom stereocenters. The summed E-state index contributed by atoms with van der Waals surface area (Å²) in [6.45, 7) is 12.3. The molecule has 0 amide bonds. The fourth-order valence-corrected chi connectivity index (χ4v) is 4.96. The highest BCUT2D eigenvalue weighted by Crippen LogP contribution is 2.37. The van der Waals surface area contributed by atoms with E-state index in [1.807, 2.05) is 6.20 Å². The van der Waals surface area contributed by atoms with Crippen LogP contribution in [0.4, 0.5) is 5.95 Å². The smallest absolute Gasteiger partial charge is 0.399 e. The number of aromatic nitrogens is 2. The summed E-state index contributed by atoms with van der Waals surface area (Å²) in [4.78, 5) is 12.0. The van der Waals surface area contributed by atoms with Crippen molar-refractivity contribution < 1.29 is 14.0 Å². The van der Waals surface area contributed by atoms with Gasteiger partial charge in [0.2, 0.25) is 5.95 Å². The lowest BCUT2D eigenvalue weighted by molar-refractivity contribution is 0.00578. The molecule has 1 saturated carbocycles. The van der Waals surface area contributed by atoms with Gasteiger partial charge in [0.05, 0.1) is 23.3 Å². The summed E-state index contributed by atoms with van der Waals surface area (Å²) in [5, 5.41) is 4.63. The number of hydrogen-bond donors (Lipinski definition) is 1. The summed E-state index contributed by atoms with van der Waals surface area (Å²) >= 11 is 0. The number of nitrogens with zero attached hydrogens (tertiary/aromatic N) is 3. The van der Waals surface area contributed by atoms with Gasteiger partial charge in [-0.1, -0.05) is 19.1 Å². The van der Waals surface area contributed by atoms with Crippen LogP contribution >= 0.6 is 0 Å². The van der Waals surface area contributed by atoms with E-state index in [0.717, 1.165) is 54.7 Å². The molecule has 8 heteroatoms. The second-order valence-corrected chi connectivity index (χ2v) is 10.9. The number of ether oxygens (including phenoxy) is 1. The molecular weight excluding hydrogens is 427 g/mol. The van der Waals surface area contributed by atoms with Gasteiger partial charge in [-0.05, 0) is 77.9 Å². The van der Waals surface area contributed by atoms with Crippen molar-refractivity contribution in [1.29, 1.82) is 0 Å². The van der Waals surface area contributed by atoms with E-state index in [1.165, 1.54) is 18.4 Å². The van der Waals surface area contributed by atoms with Crippen molar-refractivity contribution in [1.82, 2.24) is 14.9 Å². The van der Waals surface area contributed by atoms with Gasteiger partial charge in [-0.2, -0.15) is 0 Å². The fraction of sp³-hybridized carbons (Fsp3) is 0.692. The molecule has 1 saturated heterocycles. The van der Waals surface area contributed by atoms with Gasteiger partial charge in [0.25, 0.3) is 0 Å². The van der Waals surface area contributed by atoms with Gasteiger partial charge in [0.15, 0.2) is 0 Å². The molecule has 1 N–H and O–H groups in total. The third-order valence-corrected chi connectivity index (χ3v) is 7.99. The van der Waals surface area contributed by atoms with Crippen LogP contribution in [0.25, 0.3) is 10.9 Å². The summed E-state index contributed by atoms with van der Waals surface area (Å²) in [5.41, 5.74) is 2.51. The number of anilines is 1. The van der Waals surface area contributed by atoms with Gasteiger partial charge in [-0.25, -0.2) is 9.97 Å². The van der Waals surface area contributed by atoms with Crippen LogP contribution < -0.4 is 10.8 Å². The normalized spacial score (nSPS) is 24.2. The first-order chi connectivity index (χ1) is 16.1. The Kier molecular flexibility index (Phi) is 7.53. The number of likely N-dealkylation sites (N-methyl/N-ethyl adjacent to an activating group) is 1. The second kappa shape index (κ2) is 10.1. The molecule has 34 heavy (non-hydrogen) atoms. The number of rotatable bonds is 8. The first-order valence-electron chi connectivity index (χ1n) is 12.7. The molecule has 0 spiro atoms. The molecule has 4 rings (SSSR count). The minimum Gasteiger partial charge on any atom is -0.399 e. The molecule has 0 bridgehead atoms. The van der Waals surface area contributed by atoms with Crippen LogP contribution in [-0.4, -0.2) is 72.6 Å². The summed E-state index contributed by atoms with van der Waals surface area (Å²) in [6, 6.07) is 5.34. The Bertz CT molecular complexity index is 975. The highest BCUT2D eigenvalue weighted by atomic mass is 16.7. The molecule has 0 atom stereocenters. The molecular formula is C26H41BN4O3. The monoisotopic (exact) mass is 468 g/mol. The molecule has 2 heterocycles. The van der Waals surface area contributed by atoms with E-state index in [4.69, 9.17) is 19.0 Å². The minimum atomic E-state index is -0.380. The summed E-state index contributed by atoms with van der Waals surface area (Å²) in [6.07, 6.45) is 7.45. The molecule has 186 valence electrons. The molecule has 2 aromatic rings. The summed E-state index contributed by atoms with van der Waals surface area (Å²) < 4.78 is 17.8. The van der Waals surface area contributed by atoms with E-state index in [2.05, 4.69) is 69.0 Å². The third-order valence-electron chi connectivity index (χ3n) is 7.99. The second-order valence-electron chi connectivity index (χ2n) is 10.9. The largest absolute Gasteiger partial charge is 0.494 e. The average molecular weight is 468 g/mol. The number of aryl methyl sites for hydroxylation is 1. The van der Waals surface area contributed by atoms with Crippen LogP contribution in [-0.2, 0) is 20.5 Å². The Hall–Kier alpha value is -1.74. The number of methoxy groups -OCH3 is 1. The summed E-state index contributed by atoms with van der Waals surface area (Å²) in [5.74, 6) is 0.724. The summed E-state index contributed by atoms with van der Waals surface area (Å²) in [7, 11) is 3.59. The average Bonchev–Trinajstić information content (AvgIpc) is 3.04.